The molecule has 20 heavy (non-hydrogen) atoms. The highest BCUT2D eigenvalue weighted by molar-refractivity contribution is 7.08. The minimum absolute atomic E-state index is 0.360. The normalized spacial score (nSPS) is 15.9. The Bertz CT molecular complexity index is 717. The van der Waals surface area contributed by atoms with E-state index in [1.54, 1.807) is 17.4 Å². The highest BCUT2D eigenvalue weighted by atomic mass is 32.1. The Kier molecular flexibility index (Phi) is 3.12. The molecular weight excluding hydrogens is 274 g/mol. The molecule has 0 atom stereocenters. The molecular formula is C15H11NO3S. The maximum Gasteiger partial charge on any atom is 0.261 e. The minimum atomic E-state index is -0.438. The fourth-order valence-corrected chi connectivity index (χ4v) is 2.83. The molecule has 0 bridgehead atoms. The summed E-state index contributed by atoms with van der Waals surface area (Å²) in [5.41, 5.74) is 3.47. The Morgan fingerprint density at radius 2 is 1.95 bits per heavy atom. The highest BCUT2D eigenvalue weighted by Gasteiger charge is 2.27. The average Bonchev–Trinajstić information content (AvgIpc) is 2.97. The van der Waals surface area contributed by atoms with Crippen LogP contribution in [0.2, 0.25) is 0 Å². The maximum absolute atomic E-state index is 11.9. The first-order chi connectivity index (χ1) is 9.70. The van der Waals surface area contributed by atoms with E-state index >= 15 is 0 Å². The van der Waals surface area contributed by atoms with Crippen molar-refractivity contribution in [2.75, 3.05) is 7.11 Å². The first-order valence-corrected chi connectivity index (χ1v) is 6.90. The second kappa shape index (κ2) is 4.94. The molecule has 1 aromatic carbocycles. The van der Waals surface area contributed by atoms with Crippen LogP contribution in [0.25, 0.3) is 16.7 Å². The lowest BCUT2D eigenvalue weighted by Crippen LogP contribution is -2.36. The number of rotatable bonds is 2. The van der Waals surface area contributed by atoms with Gasteiger partial charge in [-0.3, -0.25) is 14.9 Å². The van der Waals surface area contributed by atoms with Gasteiger partial charge in [0, 0.05) is 11.1 Å². The molecule has 2 heterocycles. The minimum Gasteiger partial charge on any atom is -0.504 e. The van der Waals surface area contributed by atoms with Gasteiger partial charge in [0.25, 0.3) is 11.8 Å². The van der Waals surface area contributed by atoms with Gasteiger partial charge in [-0.1, -0.05) is 6.07 Å². The number of thiophene rings is 1. The summed E-state index contributed by atoms with van der Waals surface area (Å²) in [6.45, 7) is 0. The number of amides is 2. The topological polar surface area (TPSA) is 55.4 Å². The van der Waals surface area contributed by atoms with Crippen molar-refractivity contribution in [3.05, 3.63) is 52.4 Å². The molecule has 0 aliphatic carbocycles. The molecule has 2 aromatic rings. The van der Waals surface area contributed by atoms with Crippen molar-refractivity contribution in [1.82, 2.24) is 5.32 Å². The molecule has 0 saturated carbocycles. The van der Waals surface area contributed by atoms with Crippen LogP contribution in [0.4, 0.5) is 0 Å². The van der Waals surface area contributed by atoms with Gasteiger partial charge in [0.15, 0.2) is 0 Å². The van der Waals surface area contributed by atoms with Crippen molar-refractivity contribution in [3.63, 3.8) is 0 Å². The monoisotopic (exact) mass is 285 g/mol. The fraction of sp³-hybridized carbons (Fsp3) is 0.0667. The zero-order valence-corrected chi connectivity index (χ0v) is 11.5. The van der Waals surface area contributed by atoms with Gasteiger partial charge in [0.2, 0.25) is 0 Å². The number of fused-ring (bicyclic) bond motifs is 1. The lowest BCUT2D eigenvalue weighted by atomic mass is 9.92. The van der Waals surface area contributed by atoms with Crippen molar-refractivity contribution in [3.8, 4) is 11.1 Å². The quantitative estimate of drug-likeness (QED) is 0.524. The van der Waals surface area contributed by atoms with Crippen LogP contribution < -0.4 is 5.32 Å². The Hall–Kier alpha value is -2.40. The van der Waals surface area contributed by atoms with Crippen LogP contribution >= 0.6 is 11.3 Å². The molecule has 2 amide bonds. The van der Waals surface area contributed by atoms with Gasteiger partial charge in [0.05, 0.1) is 18.9 Å². The molecule has 5 heteroatoms. The smallest absolute Gasteiger partial charge is 0.261 e. The van der Waals surface area contributed by atoms with E-state index < -0.39 is 5.91 Å². The summed E-state index contributed by atoms with van der Waals surface area (Å²) < 4.78 is 4.94. The van der Waals surface area contributed by atoms with Gasteiger partial charge in [-0.15, -0.1) is 0 Å². The third-order valence-electron chi connectivity index (χ3n) is 3.12. The Labute approximate surface area is 119 Å². The number of ether oxygens (including phenoxy) is 1. The van der Waals surface area contributed by atoms with Crippen molar-refractivity contribution in [1.29, 1.82) is 0 Å². The molecule has 0 radical (unpaired) electrons. The van der Waals surface area contributed by atoms with Gasteiger partial charge in [-0.05, 0) is 40.1 Å². The van der Waals surface area contributed by atoms with Gasteiger partial charge < -0.3 is 4.74 Å². The number of carbonyl (C=O) groups excluding carboxylic acids is 2. The fourth-order valence-electron chi connectivity index (χ4n) is 2.17. The number of methoxy groups -OCH3 is 1. The lowest BCUT2D eigenvalue weighted by molar-refractivity contribution is -0.114. The second-order valence-corrected chi connectivity index (χ2v) is 5.10. The Morgan fingerprint density at radius 3 is 2.65 bits per heavy atom. The summed E-state index contributed by atoms with van der Waals surface area (Å²) in [6, 6.07) is 7.45. The number of hydrogen-bond donors (Lipinski definition) is 1. The summed E-state index contributed by atoms with van der Waals surface area (Å²) >= 11 is 1.60. The van der Waals surface area contributed by atoms with E-state index in [1.807, 2.05) is 29.0 Å². The molecule has 1 aromatic heterocycles. The van der Waals surface area contributed by atoms with Crippen LogP contribution in [-0.2, 0) is 9.53 Å². The van der Waals surface area contributed by atoms with Crippen molar-refractivity contribution < 1.29 is 14.3 Å². The number of carbonyl (C=O) groups is 2. The van der Waals surface area contributed by atoms with Crippen LogP contribution in [0.5, 0.6) is 0 Å². The third-order valence-corrected chi connectivity index (χ3v) is 3.80. The van der Waals surface area contributed by atoms with Crippen molar-refractivity contribution >= 4 is 28.7 Å². The summed E-state index contributed by atoms with van der Waals surface area (Å²) in [5.74, 6) is -0.818. The van der Waals surface area contributed by atoms with Crippen LogP contribution in [0, 0.1) is 0 Å². The zero-order chi connectivity index (χ0) is 14.1. The predicted octanol–water partition coefficient (Wildman–Crippen LogP) is 2.67. The van der Waals surface area contributed by atoms with Gasteiger partial charge in [-0.25, -0.2) is 0 Å². The predicted molar refractivity (Wildman–Crippen MR) is 77.2 cm³/mol. The van der Waals surface area contributed by atoms with Crippen LogP contribution in [0.1, 0.15) is 15.9 Å². The Balaban J connectivity index is 2.19. The maximum atomic E-state index is 11.9. The molecule has 0 saturated heterocycles. The molecule has 0 fully saturated rings. The standard InChI is InChI=1S/C15H11NO3S/c1-19-7-13-12-6-9(10-4-5-20-8-10)2-3-11(12)14(17)16-15(13)18/h2-8H,1H3,(H,16,17,18)/b13-7+. The number of hydrogen-bond acceptors (Lipinski definition) is 4. The zero-order valence-electron chi connectivity index (χ0n) is 10.7. The van der Waals surface area contributed by atoms with Crippen molar-refractivity contribution in [2.24, 2.45) is 0 Å². The Morgan fingerprint density at radius 1 is 1.10 bits per heavy atom. The van der Waals surface area contributed by atoms with E-state index in [0.717, 1.165) is 11.1 Å². The first kappa shape index (κ1) is 12.6. The molecule has 0 spiro atoms. The summed E-state index contributed by atoms with van der Waals surface area (Å²) in [7, 11) is 1.47. The summed E-state index contributed by atoms with van der Waals surface area (Å²) in [6.07, 6.45) is 1.36. The largest absolute Gasteiger partial charge is 0.504 e. The summed E-state index contributed by atoms with van der Waals surface area (Å²) in [5, 5.41) is 6.31. The van der Waals surface area contributed by atoms with Crippen LogP contribution in [-0.4, -0.2) is 18.9 Å². The highest BCUT2D eigenvalue weighted by Crippen LogP contribution is 2.30. The number of benzene rings is 1. The van der Waals surface area contributed by atoms with E-state index in [-0.39, 0.29) is 5.91 Å². The number of nitrogens with one attached hydrogen (secondary N) is 1. The SMILES string of the molecule is CO/C=C1/C(=O)NC(=O)c2ccc(-c3ccsc3)cc21. The van der Waals surface area contributed by atoms with Crippen molar-refractivity contribution in [2.45, 2.75) is 0 Å². The first-order valence-electron chi connectivity index (χ1n) is 5.96. The molecule has 0 unspecified atom stereocenters. The van der Waals surface area contributed by atoms with Crippen LogP contribution in [0.15, 0.2) is 41.3 Å². The number of imide groups is 1. The molecule has 100 valence electrons. The molecule has 1 aliphatic heterocycles. The molecule has 4 nitrogen and oxygen atoms in total. The lowest BCUT2D eigenvalue weighted by Gasteiger charge is -2.18. The second-order valence-electron chi connectivity index (χ2n) is 4.32. The summed E-state index contributed by atoms with van der Waals surface area (Å²) in [4.78, 5) is 23.7. The molecule has 3 rings (SSSR count). The van der Waals surface area contributed by atoms with E-state index in [4.69, 9.17) is 4.74 Å². The van der Waals surface area contributed by atoms with Gasteiger partial charge >= 0.3 is 0 Å². The van der Waals surface area contributed by atoms with E-state index in [0.29, 0.717) is 16.7 Å². The van der Waals surface area contributed by atoms with Gasteiger partial charge in [0.1, 0.15) is 0 Å². The third kappa shape index (κ3) is 2.02. The van der Waals surface area contributed by atoms with Crippen LogP contribution in [0.3, 0.4) is 0 Å². The van der Waals surface area contributed by atoms with E-state index in [9.17, 15) is 9.59 Å². The average molecular weight is 285 g/mol. The van der Waals surface area contributed by atoms with Gasteiger partial charge in [-0.2, -0.15) is 11.3 Å². The molecule has 1 N–H and O–H groups in total. The molecule has 1 aliphatic rings. The van der Waals surface area contributed by atoms with E-state index in [1.165, 1.54) is 13.4 Å². The van der Waals surface area contributed by atoms with E-state index in [2.05, 4.69) is 5.32 Å².